The first-order chi connectivity index (χ1) is 4.79. The van der Waals surface area contributed by atoms with E-state index in [0.29, 0.717) is 5.15 Å². The molecule has 0 spiro atoms. The van der Waals surface area contributed by atoms with Crippen molar-refractivity contribution in [2.75, 3.05) is 0 Å². The summed E-state index contributed by atoms with van der Waals surface area (Å²) in [5.41, 5.74) is 1.14. The molecule has 0 aliphatic rings. The van der Waals surface area contributed by atoms with Gasteiger partial charge in [0.2, 0.25) is 0 Å². The summed E-state index contributed by atoms with van der Waals surface area (Å²) in [6.07, 6.45) is 1.69. The Morgan fingerprint density at radius 3 is 2.30 bits per heavy atom. The maximum absolute atomic E-state index is 5.53. The summed E-state index contributed by atoms with van der Waals surface area (Å²) >= 11 is 5.53. The molecule has 0 aliphatic heterocycles. The van der Waals surface area contributed by atoms with Crippen LogP contribution in [-0.4, -0.2) is 4.98 Å². The smallest absolute Gasteiger partial charge is 0.129 e. The number of aryl methyl sites for hydroxylation is 1. The molecule has 1 heterocycles. The van der Waals surface area contributed by atoms with Crippen molar-refractivity contribution in [3.63, 3.8) is 0 Å². The summed E-state index contributed by atoms with van der Waals surface area (Å²) < 4.78 is 0. The Balaban J connectivity index is 0.000000371. The molecule has 0 N–H and O–H groups in total. The molecule has 0 radical (unpaired) electrons. The van der Waals surface area contributed by atoms with Crippen LogP contribution in [0.3, 0.4) is 0 Å². The topological polar surface area (TPSA) is 12.9 Å². The molecule has 0 fully saturated rings. The van der Waals surface area contributed by atoms with Crippen LogP contribution < -0.4 is 0 Å². The highest BCUT2D eigenvalue weighted by Gasteiger charge is 1.84. The molecule has 10 heavy (non-hydrogen) atoms. The second-order valence-electron chi connectivity index (χ2n) is 1.66. The first kappa shape index (κ1) is 9.44. The van der Waals surface area contributed by atoms with Crippen molar-refractivity contribution in [2.45, 2.75) is 20.8 Å². The zero-order chi connectivity index (χ0) is 7.98. The second kappa shape index (κ2) is 5.24. The zero-order valence-corrected chi connectivity index (χ0v) is 7.31. The lowest BCUT2D eigenvalue weighted by Crippen LogP contribution is -1.73. The summed E-state index contributed by atoms with van der Waals surface area (Å²) in [5, 5.41) is 0.560. The van der Waals surface area contributed by atoms with Gasteiger partial charge in [0.05, 0.1) is 0 Å². The number of pyridine rings is 1. The van der Waals surface area contributed by atoms with E-state index in [1.54, 1.807) is 6.20 Å². The Kier molecular flexibility index (Phi) is 4.95. The van der Waals surface area contributed by atoms with Gasteiger partial charge in [-0.15, -0.1) is 0 Å². The van der Waals surface area contributed by atoms with Gasteiger partial charge in [-0.05, 0) is 24.6 Å². The average Bonchev–Trinajstić information content (AvgIpc) is 1.91. The van der Waals surface area contributed by atoms with E-state index >= 15 is 0 Å². The number of nitrogens with zero attached hydrogens (tertiary/aromatic N) is 1. The number of rotatable bonds is 0. The van der Waals surface area contributed by atoms with Gasteiger partial charge in [-0.3, -0.25) is 0 Å². The summed E-state index contributed by atoms with van der Waals surface area (Å²) in [6, 6.07) is 3.73. The van der Waals surface area contributed by atoms with Crippen molar-refractivity contribution < 1.29 is 0 Å². The van der Waals surface area contributed by atoms with Crippen LogP contribution in [0.2, 0.25) is 5.15 Å². The Morgan fingerprint density at radius 1 is 1.40 bits per heavy atom. The van der Waals surface area contributed by atoms with Crippen molar-refractivity contribution >= 4 is 11.6 Å². The van der Waals surface area contributed by atoms with Gasteiger partial charge in [-0.25, -0.2) is 4.98 Å². The van der Waals surface area contributed by atoms with Gasteiger partial charge in [0.15, 0.2) is 0 Å². The Bertz CT molecular complexity index is 169. The molecule has 0 saturated heterocycles. The summed E-state index contributed by atoms with van der Waals surface area (Å²) in [5.74, 6) is 0. The van der Waals surface area contributed by atoms with Gasteiger partial charge < -0.3 is 0 Å². The van der Waals surface area contributed by atoms with Crippen LogP contribution in [-0.2, 0) is 0 Å². The molecule has 0 bridgehead atoms. The monoisotopic (exact) mass is 157 g/mol. The molecule has 0 aromatic carbocycles. The molecule has 1 aromatic rings. The summed E-state index contributed by atoms with van der Waals surface area (Å²) in [4.78, 5) is 3.81. The number of halogens is 1. The fraction of sp³-hybridized carbons (Fsp3) is 0.375. The Morgan fingerprint density at radius 2 is 2.00 bits per heavy atom. The quantitative estimate of drug-likeness (QED) is 0.528. The summed E-state index contributed by atoms with van der Waals surface area (Å²) in [6.45, 7) is 5.98. The largest absolute Gasteiger partial charge is 0.245 e. The van der Waals surface area contributed by atoms with E-state index in [4.69, 9.17) is 11.6 Å². The maximum Gasteiger partial charge on any atom is 0.129 e. The average molecular weight is 158 g/mol. The normalized spacial score (nSPS) is 8.00. The van der Waals surface area contributed by atoms with Crippen molar-refractivity contribution in [3.8, 4) is 0 Å². The van der Waals surface area contributed by atoms with Crippen LogP contribution in [0.25, 0.3) is 0 Å². The molecule has 0 amide bonds. The first-order valence-electron chi connectivity index (χ1n) is 3.37. The van der Waals surface area contributed by atoms with Crippen LogP contribution in [0.15, 0.2) is 18.3 Å². The molecule has 2 heteroatoms. The molecule has 0 aliphatic carbocycles. The third kappa shape index (κ3) is 3.46. The zero-order valence-electron chi connectivity index (χ0n) is 6.56. The van der Waals surface area contributed by atoms with Gasteiger partial charge >= 0.3 is 0 Å². The second-order valence-corrected chi connectivity index (χ2v) is 2.04. The van der Waals surface area contributed by atoms with Crippen LogP contribution in [0.5, 0.6) is 0 Å². The molecule has 0 atom stereocenters. The van der Waals surface area contributed by atoms with Gasteiger partial charge in [0.25, 0.3) is 0 Å². The molecule has 56 valence electrons. The van der Waals surface area contributed by atoms with E-state index < -0.39 is 0 Å². The highest BCUT2D eigenvalue weighted by atomic mass is 35.5. The molecular formula is C8H12ClN. The third-order valence-corrected chi connectivity index (χ3v) is 1.09. The van der Waals surface area contributed by atoms with Crippen molar-refractivity contribution in [1.29, 1.82) is 0 Å². The molecule has 1 aromatic heterocycles. The van der Waals surface area contributed by atoms with Gasteiger partial charge in [-0.1, -0.05) is 25.4 Å². The number of aromatic nitrogens is 1. The fourth-order valence-electron chi connectivity index (χ4n) is 0.499. The van der Waals surface area contributed by atoms with Crippen LogP contribution in [0, 0.1) is 6.92 Å². The van der Waals surface area contributed by atoms with Gasteiger partial charge in [-0.2, -0.15) is 0 Å². The highest BCUT2D eigenvalue weighted by Crippen LogP contribution is 2.04. The minimum absolute atomic E-state index is 0.560. The van der Waals surface area contributed by atoms with Crippen molar-refractivity contribution in [1.82, 2.24) is 4.98 Å². The molecular weight excluding hydrogens is 146 g/mol. The number of hydrogen-bond donors (Lipinski definition) is 0. The molecule has 0 unspecified atom stereocenters. The highest BCUT2D eigenvalue weighted by molar-refractivity contribution is 6.29. The summed E-state index contributed by atoms with van der Waals surface area (Å²) in [7, 11) is 0. The van der Waals surface area contributed by atoms with E-state index in [-0.39, 0.29) is 0 Å². The Labute approximate surface area is 67.1 Å². The van der Waals surface area contributed by atoms with E-state index in [9.17, 15) is 0 Å². The minimum Gasteiger partial charge on any atom is -0.245 e. The third-order valence-electron chi connectivity index (χ3n) is 0.882. The van der Waals surface area contributed by atoms with E-state index in [0.717, 1.165) is 5.56 Å². The van der Waals surface area contributed by atoms with E-state index in [1.807, 2.05) is 32.9 Å². The van der Waals surface area contributed by atoms with Crippen molar-refractivity contribution in [3.05, 3.63) is 29.0 Å². The van der Waals surface area contributed by atoms with E-state index in [1.165, 1.54) is 0 Å². The minimum atomic E-state index is 0.560. The lowest BCUT2D eigenvalue weighted by molar-refractivity contribution is 1.29. The predicted molar refractivity (Wildman–Crippen MR) is 45.3 cm³/mol. The molecule has 1 rings (SSSR count). The van der Waals surface area contributed by atoms with Gasteiger partial charge in [0, 0.05) is 6.20 Å². The predicted octanol–water partition coefficient (Wildman–Crippen LogP) is 3.07. The van der Waals surface area contributed by atoms with Crippen LogP contribution in [0.4, 0.5) is 0 Å². The van der Waals surface area contributed by atoms with Crippen LogP contribution >= 0.6 is 11.6 Å². The fourth-order valence-corrected chi connectivity index (χ4v) is 0.728. The maximum atomic E-state index is 5.53. The SMILES string of the molecule is CC.Cc1ccnc(Cl)c1. The molecule has 0 saturated carbocycles. The standard InChI is InChI=1S/C6H6ClN.C2H6/c1-5-2-3-8-6(7)4-5;1-2/h2-4H,1H3;1-2H3. The molecule has 1 nitrogen and oxygen atoms in total. The lowest BCUT2D eigenvalue weighted by atomic mass is 10.3. The van der Waals surface area contributed by atoms with Crippen LogP contribution in [0.1, 0.15) is 19.4 Å². The Hall–Kier alpha value is -0.560. The van der Waals surface area contributed by atoms with Crippen molar-refractivity contribution in [2.24, 2.45) is 0 Å². The lowest BCUT2D eigenvalue weighted by Gasteiger charge is -1.88. The van der Waals surface area contributed by atoms with Gasteiger partial charge in [0.1, 0.15) is 5.15 Å². The number of hydrogen-bond acceptors (Lipinski definition) is 1. The van der Waals surface area contributed by atoms with E-state index in [2.05, 4.69) is 4.98 Å². The first-order valence-corrected chi connectivity index (χ1v) is 3.75.